The summed E-state index contributed by atoms with van der Waals surface area (Å²) in [5, 5.41) is 0.762. The Morgan fingerprint density at radius 3 is 2.78 bits per heavy atom. The SMILES string of the molecule is Cn1ccnc1CCC(CBr)c1ccccc1F. The van der Waals surface area contributed by atoms with Gasteiger partial charge in [-0.2, -0.15) is 0 Å². The molecule has 4 heteroatoms. The van der Waals surface area contributed by atoms with E-state index in [0.717, 1.165) is 29.6 Å². The van der Waals surface area contributed by atoms with E-state index in [0.29, 0.717) is 0 Å². The summed E-state index contributed by atoms with van der Waals surface area (Å²) in [6.45, 7) is 0. The second-order valence-corrected chi connectivity index (χ2v) is 5.01. The van der Waals surface area contributed by atoms with Crippen LogP contribution < -0.4 is 0 Å². The van der Waals surface area contributed by atoms with Crippen molar-refractivity contribution in [2.45, 2.75) is 18.8 Å². The highest BCUT2D eigenvalue weighted by Crippen LogP contribution is 2.25. The third kappa shape index (κ3) is 2.99. The molecule has 0 fully saturated rings. The van der Waals surface area contributed by atoms with Crippen LogP contribution in [0.15, 0.2) is 36.7 Å². The van der Waals surface area contributed by atoms with Crippen molar-refractivity contribution in [2.75, 3.05) is 5.33 Å². The van der Waals surface area contributed by atoms with Crippen molar-refractivity contribution in [3.05, 3.63) is 53.9 Å². The lowest BCUT2D eigenvalue weighted by Crippen LogP contribution is -2.07. The van der Waals surface area contributed by atoms with E-state index in [1.165, 1.54) is 6.07 Å². The molecule has 18 heavy (non-hydrogen) atoms. The molecule has 0 saturated carbocycles. The second-order valence-electron chi connectivity index (χ2n) is 4.37. The number of aryl methyl sites for hydroxylation is 2. The van der Waals surface area contributed by atoms with E-state index in [4.69, 9.17) is 0 Å². The first kappa shape index (κ1) is 13.3. The van der Waals surface area contributed by atoms with Crippen LogP contribution in [0.25, 0.3) is 0 Å². The Kier molecular flexibility index (Phi) is 4.53. The van der Waals surface area contributed by atoms with E-state index < -0.39 is 0 Å². The van der Waals surface area contributed by atoms with Crippen LogP contribution in [0.1, 0.15) is 23.7 Å². The molecular formula is C14H16BrFN2. The van der Waals surface area contributed by atoms with Gasteiger partial charge in [0.05, 0.1) is 0 Å². The Bertz CT molecular complexity index is 510. The number of nitrogens with zero attached hydrogens (tertiary/aromatic N) is 2. The van der Waals surface area contributed by atoms with Crippen molar-refractivity contribution >= 4 is 15.9 Å². The van der Waals surface area contributed by atoms with Crippen molar-refractivity contribution in [1.29, 1.82) is 0 Å². The Morgan fingerprint density at radius 2 is 2.17 bits per heavy atom. The summed E-state index contributed by atoms with van der Waals surface area (Å²) < 4.78 is 15.7. The van der Waals surface area contributed by atoms with Crippen LogP contribution in [0.4, 0.5) is 4.39 Å². The van der Waals surface area contributed by atoms with Crippen molar-refractivity contribution in [1.82, 2.24) is 9.55 Å². The Morgan fingerprint density at radius 1 is 1.39 bits per heavy atom. The number of halogens is 2. The Hall–Kier alpha value is -1.16. The van der Waals surface area contributed by atoms with Crippen LogP contribution in [0.2, 0.25) is 0 Å². The molecule has 0 amide bonds. The van der Waals surface area contributed by atoms with Crippen LogP contribution >= 0.6 is 15.9 Å². The predicted molar refractivity (Wildman–Crippen MR) is 74.5 cm³/mol. The fourth-order valence-corrected chi connectivity index (χ4v) is 2.74. The molecule has 0 spiro atoms. The molecule has 96 valence electrons. The van der Waals surface area contributed by atoms with Gasteiger partial charge in [0.1, 0.15) is 11.6 Å². The minimum Gasteiger partial charge on any atom is -0.338 e. The summed E-state index contributed by atoms with van der Waals surface area (Å²) in [4.78, 5) is 4.29. The van der Waals surface area contributed by atoms with E-state index in [2.05, 4.69) is 20.9 Å². The summed E-state index contributed by atoms with van der Waals surface area (Å²) in [6, 6.07) is 6.99. The van der Waals surface area contributed by atoms with Gasteiger partial charge >= 0.3 is 0 Å². The summed E-state index contributed by atoms with van der Waals surface area (Å²) in [5.41, 5.74) is 0.781. The van der Waals surface area contributed by atoms with Gasteiger partial charge in [0.15, 0.2) is 0 Å². The van der Waals surface area contributed by atoms with Gasteiger partial charge in [0.2, 0.25) is 0 Å². The van der Waals surface area contributed by atoms with Gasteiger partial charge in [0, 0.05) is 31.2 Å². The molecular weight excluding hydrogens is 295 g/mol. The third-order valence-electron chi connectivity index (χ3n) is 3.17. The van der Waals surface area contributed by atoms with E-state index in [1.807, 2.05) is 29.9 Å². The first-order valence-electron chi connectivity index (χ1n) is 5.99. The highest BCUT2D eigenvalue weighted by Gasteiger charge is 2.15. The molecule has 2 rings (SSSR count). The van der Waals surface area contributed by atoms with Crippen LogP contribution in [-0.4, -0.2) is 14.9 Å². The van der Waals surface area contributed by atoms with Gasteiger partial charge < -0.3 is 4.57 Å². The molecule has 0 aliphatic heterocycles. The predicted octanol–water partition coefficient (Wildman–Crippen LogP) is 3.67. The standard InChI is InChI=1S/C14H16BrFN2/c1-18-9-8-17-14(18)7-6-11(10-15)12-4-2-3-5-13(12)16/h2-5,8-9,11H,6-7,10H2,1H3. The fourth-order valence-electron chi connectivity index (χ4n) is 2.06. The Labute approximate surface area is 115 Å². The van der Waals surface area contributed by atoms with Crippen LogP contribution in [0.5, 0.6) is 0 Å². The first-order valence-corrected chi connectivity index (χ1v) is 7.11. The molecule has 0 bridgehead atoms. The summed E-state index contributed by atoms with van der Waals surface area (Å²) in [7, 11) is 1.98. The number of hydrogen-bond acceptors (Lipinski definition) is 1. The average molecular weight is 311 g/mol. The monoisotopic (exact) mass is 310 g/mol. The van der Waals surface area contributed by atoms with Crippen LogP contribution in [0.3, 0.4) is 0 Å². The largest absolute Gasteiger partial charge is 0.338 e. The molecule has 1 heterocycles. The van der Waals surface area contributed by atoms with E-state index in [1.54, 1.807) is 12.3 Å². The van der Waals surface area contributed by atoms with Crippen molar-refractivity contribution in [2.24, 2.45) is 7.05 Å². The Balaban J connectivity index is 2.07. The molecule has 0 saturated heterocycles. The van der Waals surface area contributed by atoms with Gasteiger partial charge in [-0.3, -0.25) is 0 Å². The molecule has 1 unspecified atom stereocenters. The quantitative estimate of drug-likeness (QED) is 0.770. The maximum Gasteiger partial charge on any atom is 0.126 e. The molecule has 2 nitrogen and oxygen atoms in total. The maximum absolute atomic E-state index is 13.7. The number of aromatic nitrogens is 2. The van der Waals surface area contributed by atoms with E-state index >= 15 is 0 Å². The second kappa shape index (κ2) is 6.14. The van der Waals surface area contributed by atoms with E-state index in [9.17, 15) is 4.39 Å². The van der Waals surface area contributed by atoms with Crippen molar-refractivity contribution < 1.29 is 4.39 Å². The molecule has 1 aromatic carbocycles. The van der Waals surface area contributed by atoms with Gasteiger partial charge in [-0.05, 0) is 24.0 Å². The molecule has 0 aliphatic carbocycles. The third-order valence-corrected chi connectivity index (χ3v) is 3.95. The van der Waals surface area contributed by atoms with Gasteiger partial charge in [-0.1, -0.05) is 34.1 Å². The zero-order valence-corrected chi connectivity index (χ0v) is 11.9. The zero-order chi connectivity index (χ0) is 13.0. The number of alkyl halides is 1. The molecule has 2 aromatic rings. The minimum absolute atomic E-state index is 0.123. The number of hydrogen-bond donors (Lipinski definition) is 0. The maximum atomic E-state index is 13.7. The number of benzene rings is 1. The van der Waals surface area contributed by atoms with E-state index in [-0.39, 0.29) is 11.7 Å². The highest BCUT2D eigenvalue weighted by molar-refractivity contribution is 9.09. The van der Waals surface area contributed by atoms with Crippen LogP contribution in [0, 0.1) is 5.82 Å². The van der Waals surface area contributed by atoms with Crippen molar-refractivity contribution in [3.63, 3.8) is 0 Å². The molecule has 0 aliphatic rings. The first-order chi connectivity index (χ1) is 8.72. The fraction of sp³-hybridized carbons (Fsp3) is 0.357. The smallest absolute Gasteiger partial charge is 0.126 e. The lowest BCUT2D eigenvalue weighted by molar-refractivity contribution is 0.571. The minimum atomic E-state index is -0.123. The molecule has 0 N–H and O–H groups in total. The van der Waals surface area contributed by atoms with Gasteiger partial charge in [0.25, 0.3) is 0 Å². The molecule has 0 radical (unpaired) electrons. The summed E-state index contributed by atoms with van der Waals surface area (Å²) >= 11 is 3.48. The van der Waals surface area contributed by atoms with Crippen molar-refractivity contribution in [3.8, 4) is 0 Å². The molecule has 1 atom stereocenters. The highest BCUT2D eigenvalue weighted by atomic mass is 79.9. The zero-order valence-electron chi connectivity index (χ0n) is 10.3. The topological polar surface area (TPSA) is 17.8 Å². The van der Waals surface area contributed by atoms with Gasteiger partial charge in [-0.15, -0.1) is 0 Å². The molecule has 1 aromatic heterocycles. The average Bonchev–Trinajstić information content (AvgIpc) is 2.78. The summed E-state index contributed by atoms with van der Waals surface area (Å²) in [6.07, 6.45) is 5.47. The van der Waals surface area contributed by atoms with Crippen LogP contribution in [-0.2, 0) is 13.5 Å². The number of rotatable bonds is 5. The summed E-state index contributed by atoms with van der Waals surface area (Å²) in [5.74, 6) is 1.10. The lowest BCUT2D eigenvalue weighted by Gasteiger charge is -2.15. The lowest BCUT2D eigenvalue weighted by atomic mass is 9.95. The normalized spacial score (nSPS) is 12.6. The number of imidazole rings is 1. The van der Waals surface area contributed by atoms with Gasteiger partial charge in [-0.25, -0.2) is 9.37 Å².